The fourth-order valence-electron chi connectivity index (χ4n) is 4.23. The van der Waals surface area contributed by atoms with E-state index in [-0.39, 0.29) is 6.04 Å². The Balaban J connectivity index is 1.91. The van der Waals surface area contributed by atoms with Crippen LogP contribution in [0.1, 0.15) is 41.1 Å². The van der Waals surface area contributed by atoms with Gasteiger partial charge in [0, 0.05) is 11.2 Å². The van der Waals surface area contributed by atoms with Crippen molar-refractivity contribution in [3.05, 3.63) is 70.1 Å². The molecule has 2 aromatic carbocycles. The fourth-order valence-corrected chi connectivity index (χ4v) is 5.21. The van der Waals surface area contributed by atoms with Crippen LogP contribution in [0, 0.1) is 13.8 Å². The van der Waals surface area contributed by atoms with Gasteiger partial charge in [-0.2, -0.15) is 0 Å². The Hall–Kier alpha value is -2.17. The van der Waals surface area contributed by atoms with Crippen LogP contribution in [0.2, 0.25) is 0 Å². The molecule has 1 N–H and O–H groups in total. The molecule has 0 amide bonds. The monoisotopic (exact) mass is 365 g/mol. The number of hydrogen-bond donors (Lipinski definition) is 1. The van der Waals surface area contributed by atoms with Gasteiger partial charge in [0.25, 0.3) is 0 Å². The molecule has 0 radical (unpaired) electrons. The SMILES string of the molecule is Cc1ccc(C(c2csc3ccccc23)N2CCCC2C(=O)O)c(C)c1. The third-order valence-corrected chi connectivity index (χ3v) is 6.42. The van der Waals surface area contributed by atoms with Crippen molar-refractivity contribution in [2.24, 2.45) is 0 Å². The van der Waals surface area contributed by atoms with Crippen molar-refractivity contribution >= 4 is 27.4 Å². The van der Waals surface area contributed by atoms with Gasteiger partial charge in [-0.25, -0.2) is 0 Å². The van der Waals surface area contributed by atoms with Gasteiger partial charge in [0.15, 0.2) is 0 Å². The van der Waals surface area contributed by atoms with E-state index >= 15 is 0 Å². The van der Waals surface area contributed by atoms with Gasteiger partial charge in [-0.1, -0.05) is 42.0 Å². The van der Waals surface area contributed by atoms with Gasteiger partial charge >= 0.3 is 5.97 Å². The van der Waals surface area contributed by atoms with Crippen LogP contribution in [0.25, 0.3) is 10.1 Å². The second kappa shape index (κ2) is 6.86. The molecule has 4 rings (SSSR count). The molecule has 4 heteroatoms. The van der Waals surface area contributed by atoms with Gasteiger partial charge in [-0.3, -0.25) is 9.69 Å². The van der Waals surface area contributed by atoms with E-state index in [1.807, 2.05) is 0 Å². The van der Waals surface area contributed by atoms with Gasteiger partial charge in [0.05, 0.1) is 6.04 Å². The highest BCUT2D eigenvalue weighted by Crippen LogP contribution is 2.41. The van der Waals surface area contributed by atoms with Gasteiger partial charge < -0.3 is 5.11 Å². The van der Waals surface area contributed by atoms with Gasteiger partial charge in [-0.15, -0.1) is 11.3 Å². The number of aryl methyl sites for hydroxylation is 2. The molecule has 1 fully saturated rings. The topological polar surface area (TPSA) is 40.5 Å². The Morgan fingerprint density at radius 1 is 1.19 bits per heavy atom. The Bertz CT molecular complexity index is 962. The summed E-state index contributed by atoms with van der Waals surface area (Å²) >= 11 is 1.74. The average molecular weight is 365 g/mol. The fraction of sp³-hybridized carbons (Fsp3) is 0.318. The van der Waals surface area contributed by atoms with Gasteiger partial charge in [0.2, 0.25) is 0 Å². The van der Waals surface area contributed by atoms with Crippen LogP contribution < -0.4 is 0 Å². The molecule has 3 nitrogen and oxygen atoms in total. The van der Waals surface area contributed by atoms with Gasteiger partial charge in [0.1, 0.15) is 6.04 Å². The highest BCUT2D eigenvalue weighted by molar-refractivity contribution is 7.17. The normalized spacial score (nSPS) is 19.1. The van der Waals surface area contributed by atoms with E-state index in [9.17, 15) is 9.90 Å². The third-order valence-electron chi connectivity index (χ3n) is 5.44. The van der Waals surface area contributed by atoms with E-state index < -0.39 is 12.0 Å². The van der Waals surface area contributed by atoms with Crippen LogP contribution in [-0.4, -0.2) is 28.6 Å². The number of benzene rings is 2. The predicted octanol–water partition coefficient (Wildman–Crippen LogP) is 5.16. The predicted molar refractivity (Wildman–Crippen MR) is 107 cm³/mol. The first-order valence-electron chi connectivity index (χ1n) is 9.08. The first kappa shape index (κ1) is 17.3. The Morgan fingerprint density at radius 3 is 2.77 bits per heavy atom. The molecule has 2 unspecified atom stereocenters. The maximum absolute atomic E-state index is 11.9. The van der Waals surface area contributed by atoms with Crippen molar-refractivity contribution < 1.29 is 9.90 Å². The van der Waals surface area contributed by atoms with E-state index in [0.29, 0.717) is 0 Å². The minimum Gasteiger partial charge on any atom is -0.480 e. The van der Waals surface area contributed by atoms with Crippen molar-refractivity contribution in [3.63, 3.8) is 0 Å². The van der Waals surface area contributed by atoms with Crippen molar-refractivity contribution in [1.29, 1.82) is 0 Å². The second-order valence-corrected chi connectivity index (χ2v) is 8.10. The van der Waals surface area contributed by atoms with E-state index in [2.05, 4.69) is 66.6 Å². The summed E-state index contributed by atoms with van der Waals surface area (Å²) in [4.78, 5) is 14.1. The summed E-state index contributed by atoms with van der Waals surface area (Å²) in [5, 5.41) is 13.2. The van der Waals surface area contributed by atoms with Gasteiger partial charge in [-0.05, 0) is 60.2 Å². The number of likely N-dealkylation sites (tertiary alicyclic amines) is 1. The molecule has 0 saturated carbocycles. The zero-order valence-electron chi connectivity index (χ0n) is 15.1. The number of aliphatic carboxylic acids is 1. The Kier molecular flexibility index (Phi) is 4.55. The zero-order chi connectivity index (χ0) is 18.3. The molecule has 2 atom stereocenters. The molecule has 3 aromatic rings. The average Bonchev–Trinajstić information content (AvgIpc) is 3.25. The lowest BCUT2D eigenvalue weighted by molar-refractivity contribution is -0.142. The molecule has 134 valence electrons. The molecule has 0 spiro atoms. The minimum atomic E-state index is -0.711. The van der Waals surface area contributed by atoms with E-state index in [0.717, 1.165) is 19.4 Å². The zero-order valence-corrected chi connectivity index (χ0v) is 15.9. The lowest BCUT2D eigenvalue weighted by Crippen LogP contribution is -2.39. The van der Waals surface area contributed by atoms with Crippen LogP contribution in [0.3, 0.4) is 0 Å². The molecule has 26 heavy (non-hydrogen) atoms. The Labute approximate surface area is 157 Å². The molecule has 1 aliphatic rings. The maximum atomic E-state index is 11.9. The molecule has 0 bridgehead atoms. The Morgan fingerprint density at radius 2 is 2.00 bits per heavy atom. The summed E-state index contributed by atoms with van der Waals surface area (Å²) in [7, 11) is 0. The van der Waals surface area contributed by atoms with Crippen LogP contribution in [0.4, 0.5) is 0 Å². The molecule has 2 heterocycles. The smallest absolute Gasteiger partial charge is 0.320 e. The van der Waals surface area contributed by atoms with Crippen molar-refractivity contribution in [2.45, 2.75) is 38.8 Å². The van der Waals surface area contributed by atoms with Crippen LogP contribution in [0.15, 0.2) is 47.8 Å². The number of carboxylic acids is 1. The maximum Gasteiger partial charge on any atom is 0.320 e. The van der Waals surface area contributed by atoms with Crippen LogP contribution in [-0.2, 0) is 4.79 Å². The summed E-state index contributed by atoms with van der Waals surface area (Å²) in [6, 6.07) is 14.5. The largest absolute Gasteiger partial charge is 0.480 e. The van der Waals surface area contributed by atoms with E-state index in [4.69, 9.17) is 0 Å². The number of thiophene rings is 1. The molecule has 1 aliphatic heterocycles. The lowest BCUT2D eigenvalue weighted by Gasteiger charge is -2.32. The standard InChI is InChI=1S/C22H23NO2S/c1-14-9-10-16(15(2)12-14)21(23-11-5-7-19(23)22(24)25)18-13-26-20-8-4-3-6-17(18)20/h3-4,6,8-10,12-13,19,21H,5,7,11H2,1-2H3,(H,24,25). The van der Waals surface area contributed by atoms with Crippen molar-refractivity contribution in [2.75, 3.05) is 6.54 Å². The number of carboxylic acid groups (broad SMARTS) is 1. The van der Waals surface area contributed by atoms with Crippen molar-refractivity contribution in [1.82, 2.24) is 4.90 Å². The number of hydrogen-bond acceptors (Lipinski definition) is 3. The summed E-state index contributed by atoms with van der Waals surface area (Å²) in [5.41, 5.74) is 4.90. The van der Waals surface area contributed by atoms with E-state index in [1.54, 1.807) is 11.3 Å². The lowest BCUT2D eigenvalue weighted by atomic mass is 9.91. The minimum absolute atomic E-state index is 0.0182. The highest BCUT2D eigenvalue weighted by atomic mass is 32.1. The first-order valence-corrected chi connectivity index (χ1v) is 9.96. The highest BCUT2D eigenvalue weighted by Gasteiger charge is 2.38. The van der Waals surface area contributed by atoms with Crippen LogP contribution >= 0.6 is 11.3 Å². The van der Waals surface area contributed by atoms with E-state index in [1.165, 1.54) is 32.3 Å². The third kappa shape index (κ3) is 2.93. The quantitative estimate of drug-likeness (QED) is 0.694. The van der Waals surface area contributed by atoms with Crippen molar-refractivity contribution in [3.8, 4) is 0 Å². The molecular weight excluding hydrogens is 342 g/mol. The summed E-state index contributed by atoms with van der Waals surface area (Å²) < 4.78 is 1.25. The number of nitrogens with zero attached hydrogens (tertiary/aromatic N) is 1. The summed E-state index contributed by atoms with van der Waals surface area (Å²) in [6.45, 7) is 5.05. The summed E-state index contributed by atoms with van der Waals surface area (Å²) in [5.74, 6) is -0.711. The summed E-state index contributed by atoms with van der Waals surface area (Å²) in [6.07, 6.45) is 1.65. The second-order valence-electron chi connectivity index (χ2n) is 7.18. The number of fused-ring (bicyclic) bond motifs is 1. The molecule has 0 aliphatic carbocycles. The van der Waals surface area contributed by atoms with Crippen LogP contribution in [0.5, 0.6) is 0 Å². The molecule has 1 saturated heterocycles. The number of carbonyl (C=O) groups is 1. The number of rotatable bonds is 4. The molecular formula is C22H23NO2S. The molecule has 1 aromatic heterocycles. The first-order chi connectivity index (χ1) is 12.6.